The summed E-state index contributed by atoms with van der Waals surface area (Å²) in [7, 11) is 1.54. The Labute approximate surface area is 191 Å². The minimum Gasteiger partial charge on any atom is -0.460 e. The first-order valence-electron chi connectivity index (χ1n) is 10.7. The number of nitrogens with one attached hydrogen (secondary N) is 3. The van der Waals surface area contributed by atoms with Crippen molar-refractivity contribution in [3.63, 3.8) is 0 Å². The smallest absolute Gasteiger partial charge is 0.340 e. The Morgan fingerprint density at radius 1 is 1.00 bits per heavy atom. The normalized spacial score (nSPS) is 11.0. The summed E-state index contributed by atoms with van der Waals surface area (Å²) in [6.45, 7) is 4.30. The van der Waals surface area contributed by atoms with Gasteiger partial charge in [0.2, 0.25) is 0 Å². The highest BCUT2D eigenvalue weighted by Gasteiger charge is 2.23. The second-order valence-corrected chi connectivity index (χ2v) is 7.74. The number of rotatable bonds is 8. The molecule has 0 aliphatic heterocycles. The molecule has 0 radical (unpaired) electrons. The van der Waals surface area contributed by atoms with Crippen LogP contribution in [-0.2, 0) is 16.0 Å². The van der Waals surface area contributed by atoms with Gasteiger partial charge in [-0.25, -0.2) is 9.78 Å². The highest BCUT2D eigenvalue weighted by molar-refractivity contribution is 6.00. The Hall–Kier alpha value is -3.91. The molecule has 3 N–H and O–H groups in total. The molecule has 4 rings (SSSR count). The Balaban J connectivity index is 1.40. The van der Waals surface area contributed by atoms with Crippen LogP contribution in [0.5, 0.6) is 0 Å². The summed E-state index contributed by atoms with van der Waals surface area (Å²) in [5.74, 6) is 0.0422. The molecule has 0 aliphatic rings. The molecular formula is C25H26N4O4. The average Bonchev–Trinajstić information content (AvgIpc) is 3.38. The van der Waals surface area contributed by atoms with Crippen LogP contribution in [-0.4, -0.2) is 47.2 Å². The van der Waals surface area contributed by atoms with Gasteiger partial charge in [-0.1, -0.05) is 36.4 Å². The van der Waals surface area contributed by atoms with Gasteiger partial charge in [0.25, 0.3) is 5.91 Å². The summed E-state index contributed by atoms with van der Waals surface area (Å²) in [6, 6.07) is 15.7. The van der Waals surface area contributed by atoms with Crippen molar-refractivity contribution in [2.24, 2.45) is 0 Å². The molecule has 1 amide bonds. The fraction of sp³-hybridized carbons (Fsp3) is 0.240. The molecule has 0 saturated carbocycles. The number of amides is 1. The second-order valence-electron chi connectivity index (χ2n) is 7.74. The molecule has 0 aliphatic carbocycles. The molecule has 2 aromatic carbocycles. The zero-order chi connectivity index (χ0) is 23.4. The van der Waals surface area contributed by atoms with E-state index in [1.807, 2.05) is 48.5 Å². The molecular weight excluding hydrogens is 420 g/mol. The predicted molar refractivity (Wildman–Crippen MR) is 125 cm³/mol. The number of ether oxygens (including phenoxy) is 2. The third kappa shape index (κ3) is 4.80. The first-order valence-corrected chi connectivity index (χ1v) is 10.7. The lowest BCUT2D eigenvalue weighted by Crippen LogP contribution is -2.24. The number of nitrogens with zero attached hydrogens (tertiary/aromatic N) is 1. The number of H-pyrrole nitrogens is 2. The van der Waals surface area contributed by atoms with Crippen LogP contribution in [0, 0.1) is 13.8 Å². The van der Waals surface area contributed by atoms with Gasteiger partial charge < -0.3 is 24.8 Å². The molecule has 4 aromatic rings. The number of carbonyl (C=O) groups is 2. The molecule has 2 heterocycles. The van der Waals surface area contributed by atoms with Crippen LogP contribution in [0.25, 0.3) is 22.4 Å². The summed E-state index contributed by atoms with van der Waals surface area (Å²) in [4.78, 5) is 36.0. The molecule has 33 heavy (non-hydrogen) atoms. The van der Waals surface area contributed by atoms with E-state index in [9.17, 15) is 9.59 Å². The Bertz CT molecular complexity index is 1250. The number of fused-ring (bicyclic) bond motifs is 1. The number of aryl methyl sites for hydroxylation is 1. The topological polar surface area (TPSA) is 109 Å². The van der Waals surface area contributed by atoms with Gasteiger partial charge in [-0.3, -0.25) is 4.79 Å². The lowest BCUT2D eigenvalue weighted by Gasteiger charge is -2.07. The number of imidazole rings is 1. The number of aromatic amines is 2. The van der Waals surface area contributed by atoms with Crippen LogP contribution in [0.15, 0.2) is 48.5 Å². The molecule has 0 saturated heterocycles. The summed E-state index contributed by atoms with van der Waals surface area (Å²) in [6.07, 6.45) is 0. The SMILES string of the molecule is COCCOC(=O)c1c(C)[nH]c(C(=O)NCc2ccc(-c3nc4ccccc4[nH]3)cc2)c1C. The van der Waals surface area contributed by atoms with Crippen molar-refractivity contribution in [2.75, 3.05) is 20.3 Å². The molecule has 8 nitrogen and oxygen atoms in total. The number of benzene rings is 2. The minimum atomic E-state index is -0.474. The maximum Gasteiger partial charge on any atom is 0.340 e. The van der Waals surface area contributed by atoms with Gasteiger partial charge in [0.1, 0.15) is 18.1 Å². The van der Waals surface area contributed by atoms with Gasteiger partial charge >= 0.3 is 5.97 Å². The molecule has 0 unspecified atom stereocenters. The van der Waals surface area contributed by atoms with E-state index in [2.05, 4.69) is 20.3 Å². The summed E-state index contributed by atoms with van der Waals surface area (Å²) in [5, 5.41) is 2.90. The van der Waals surface area contributed by atoms with Crippen molar-refractivity contribution in [1.29, 1.82) is 0 Å². The van der Waals surface area contributed by atoms with Gasteiger partial charge in [-0.05, 0) is 37.1 Å². The first-order chi connectivity index (χ1) is 16.0. The molecule has 0 spiro atoms. The summed E-state index contributed by atoms with van der Waals surface area (Å²) < 4.78 is 10.1. The molecule has 8 heteroatoms. The number of methoxy groups -OCH3 is 1. The van der Waals surface area contributed by atoms with E-state index in [4.69, 9.17) is 9.47 Å². The van der Waals surface area contributed by atoms with E-state index in [1.165, 1.54) is 7.11 Å². The van der Waals surface area contributed by atoms with Gasteiger partial charge in [-0.2, -0.15) is 0 Å². The van der Waals surface area contributed by atoms with Gasteiger partial charge in [0.15, 0.2) is 0 Å². The third-order valence-electron chi connectivity index (χ3n) is 5.46. The predicted octanol–water partition coefficient (Wildman–Crippen LogP) is 3.91. The fourth-order valence-corrected chi connectivity index (χ4v) is 3.71. The van der Waals surface area contributed by atoms with Crippen molar-refractivity contribution in [1.82, 2.24) is 20.3 Å². The number of esters is 1. The van der Waals surface area contributed by atoms with E-state index in [0.29, 0.717) is 35.7 Å². The van der Waals surface area contributed by atoms with E-state index in [-0.39, 0.29) is 12.5 Å². The van der Waals surface area contributed by atoms with Crippen LogP contribution in [0.4, 0.5) is 0 Å². The number of hydrogen-bond donors (Lipinski definition) is 3. The van der Waals surface area contributed by atoms with Crippen LogP contribution < -0.4 is 5.32 Å². The maximum absolute atomic E-state index is 12.7. The number of para-hydroxylation sites is 2. The highest BCUT2D eigenvalue weighted by Crippen LogP contribution is 2.21. The minimum absolute atomic E-state index is 0.158. The quantitative estimate of drug-likeness (QED) is 0.281. The largest absolute Gasteiger partial charge is 0.460 e. The Kier molecular flexibility index (Phi) is 6.55. The van der Waals surface area contributed by atoms with E-state index in [1.54, 1.807) is 13.8 Å². The summed E-state index contributed by atoms with van der Waals surface area (Å²) >= 11 is 0. The van der Waals surface area contributed by atoms with Crippen LogP contribution in [0.2, 0.25) is 0 Å². The first kappa shape index (κ1) is 22.3. The number of hydrogen-bond acceptors (Lipinski definition) is 5. The van der Waals surface area contributed by atoms with Crippen LogP contribution >= 0.6 is 0 Å². The van der Waals surface area contributed by atoms with Crippen LogP contribution in [0.3, 0.4) is 0 Å². The van der Waals surface area contributed by atoms with Crippen molar-refractivity contribution in [2.45, 2.75) is 20.4 Å². The average molecular weight is 447 g/mol. The zero-order valence-electron chi connectivity index (χ0n) is 18.8. The maximum atomic E-state index is 12.7. The molecule has 2 aromatic heterocycles. The van der Waals surface area contributed by atoms with E-state index >= 15 is 0 Å². The molecule has 0 bridgehead atoms. The Morgan fingerprint density at radius 3 is 2.48 bits per heavy atom. The third-order valence-corrected chi connectivity index (χ3v) is 5.46. The van der Waals surface area contributed by atoms with Crippen molar-refractivity contribution in [3.05, 3.63) is 76.6 Å². The van der Waals surface area contributed by atoms with Gasteiger partial charge in [-0.15, -0.1) is 0 Å². The van der Waals surface area contributed by atoms with Crippen molar-refractivity contribution in [3.8, 4) is 11.4 Å². The summed E-state index contributed by atoms with van der Waals surface area (Å²) in [5.41, 5.74) is 5.71. The van der Waals surface area contributed by atoms with E-state index in [0.717, 1.165) is 28.0 Å². The lowest BCUT2D eigenvalue weighted by atomic mass is 10.1. The highest BCUT2D eigenvalue weighted by atomic mass is 16.6. The van der Waals surface area contributed by atoms with E-state index < -0.39 is 5.97 Å². The monoisotopic (exact) mass is 446 g/mol. The zero-order valence-corrected chi connectivity index (χ0v) is 18.8. The van der Waals surface area contributed by atoms with Crippen LogP contribution in [0.1, 0.15) is 37.7 Å². The van der Waals surface area contributed by atoms with Gasteiger partial charge in [0, 0.05) is 24.9 Å². The Morgan fingerprint density at radius 2 is 1.76 bits per heavy atom. The molecule has 0 atom stereocenters. The van der Waals surface area contributed by atoms with Crippen molar-refractivity contribution >= 4 is 22.9 Å². The fourth-order valence-electron chi connectivity index (χ4n) is 3.71. The second kappa shape index (κ2) is 9.70. The lowest BCUT2D eigenvalue weighted by molar-refractivity contribution is 0.0387. The standard InChI is InChI=1S/C25H26N4O4/c1-15-21(25(31)33-13-12-32-3)16(2)27-22(15)24(30)26-14-17-8-10-18(11-9-17)23-28-19-6-4-5-7-20(19)29-23/h4-11,27H,12-14H2,1-3H3,(H,26,30)(H,28,29). The molecule has 0 fully saturated rings. The number of carbonyl (C=O) groups excluding carboxylic acids is 2. The van der Waals surface area contributed by atoms with Gasteiger partial charge in [0.05, 0.1) is 23.2 Å². The molecule has 170 valence electrons. The van der Waals surface area contributed by atoms with Crippen molar-refractivity contribution < 1.29 is 19.1 Å². The number of aromatic nitrogens is 3.